The van der Waals surface area contributed by atoms with Crippen LogP contribution < -0.4 is 11.0 Å². The Kier molecular flexibility index (Phi) is 3.19. The Morgan fingerprint density at radius 3 is 2.76 bits per heavy atom. The number of piperidine rings is 1. The van der Waals surface area contributed by atoms with Gasteiger partial charge in [0.25, 0.3) is 0 Å². The number of rotatable bonds is 1. The van der Waals surface area contributed by atoms with E-state index >= 15 is 0 Å². The lowest BCUT2D eigenvalue weighted by molar-refractivity contribution is -0.141. The summed E-state index contributed by atoms with van der Waals surface area (Å²) in [4.78, 5) is 14.6. The second-order valence-corrected chi connectivity index (χ2v) is 4.00. The van der Waals surface area contributed by atoms with Gasteiger partial charge in [-0.3, -0.25) is 4.57 Å². The molecular weight excluding hydrogens is 235 g/mol. The number of nitrogens with zero attached hydrogens (tertiary/aromatic N) is 2. The van der Waals surface area contributed by atoms with Crippen molar-refractivity contribution in [2.75, 3.05) is 13.1 Å². The van der Waals surface area contributed by atoms with Crippen LogP contribution in [-0.4, -0.2) is 22.6 Å². The van der Waals surface area contributed by atoms with Gasteiger partial charge in [-0.1, -0.05) is 0 Å². The smallest absolute Gasteiger partial charge is 0.315 e. The van der Waals surface area contributed by atoms with Crippen LogP contribution in [0, 0.1) is 0 Å². The van der Waals surface area contributed by atoms with E-state index < -0.39 is 17.6 Å². The molecule has 0 aliphatic carbocycles. The molecule has 7 heteroatoms. The fraction of sp³-hybridized carbons (Fsp3) is 0.600. The van der Waals surface area contributed by atoms with Gasteiger partial charge >= 0.3 is 11.9 Å². The monoisotopic (exact) mass is 247 g/mol. The predicted octanol–water partition coefficient (Wildman–Crippen LogP) is 1.19. The van der Waals surface area contributed by atoms with Crippen molar-refractivity contribution in [1.29, 1.82) is 0 Å². The van der Waals surface area contributed by atoms with E-state index in [1.807, 2.05) is 0 Å². The van der Waals surface area contributed by atoms with Crippen LogP contribution in [0.5, 0.6) is 0 Å². The Bertz CT molecular complexity index is 449. The zero-order valence-corrected chi connectivity index (χ0v) is 9.00. The molecule has 1 saturated heterocycles. The predicted molar refractivity (Wildman–Crippen MR) is 54.6 cm³/mol. The van der Waals surface area contributed by atoms with Gasteiger partial charge in [0.15, 0.2) is 5.69 Å². The Balaban J connectivity index is 2.28. The van der Waals surface area contributed by atoms with Gasteiger partial charge in [0.1, 0.15) is 0 Å². The highest BCUT2D eigenvalue weighted by molar-refractivity contribution is 5.04. The van der Waals surface area contributed by atoms with Gasteiger partial charge in [-0.05, 0) is 25.5 Å². The molecule has 4 nitrogen and oxygen atoms in total. The van der Waals surface area contributed by atoms with E-state index in [0.717, 1.165) is 25.5 Å². The number of hydrogen-bond donors (Lipinski definition) is 1. The first kappa shape index (κ1) is 12.1. The molecule has 0 amide bonds. The molecule has 1 fully saturated rings. The maximum absolute atomic E-state index is 12.3. The van der Waals surface area contributed by atoms with Gasteiger partial charge < -0.3 is 5.32 Å². The first-order valence-corrected chi connectivity index (χ1v) is 5.35. The fourth-order valence-corrected chi connectivity index (χ4v) is 1.92. The molecule has 1 aromatic rings. The van der Waals surface area contributed by atoms with Crippen LogP contribution in [0.3, 0.4) is 0 Å². The van der Waals surface area contributed by atoms with E-state index in [9.17, 15) is 18.0 Å². The van der Waals surface area contributed by atoms with E-state index in [1.54, 1.807) is 0 Å². The van der Waals surface area contributed by atoms with Crippen LogP contribution >= 0.6 is 0 Å². The summed E-state index contributed by atoms with van der Waals surface area (Å²) in [5, 5.41) is 3.10. The molecule has 0 spiro atoms. The van der Waals surface area contributed by atoms with Crippen molar-refractivity contribution in [1.82, 2.24) is 14.9 Å². The van der Waals surface area contributed by atoms with Gasteiger partial charge in [-0.25, -0.2) is 4.79 Å². The van der Waals surface area contributed by atoms with Crippen molar-refractivity contribution < 1.29 is 13.2 Å². The summed E-state index contributed by atoms with van der Waals surface area (Å²) < 4.78 is 38.2. The third-order valence-electron chi connectivity index (χ3n) is 2.78. The molecule has 2 rings (SSSR count). The Morgan fingerprint density at radius 1 is 1.47 bits per heavy atom. The van der Waals surface area contributed by atoms with Crippen LogP contribution in [-0.2, 0) is 6.18 Å². The molecule has 0 bridgehead atoms. The van der Waals surface area contributed by atoms with E-state index in [0.29, 0.717) is 6.54 Å². The lowest BCUT2D eigenvalue weighted by Gasteiger charge is -2.24. The fourth-order valence-electron chi connectivity index (χ4n) is 1.92. The third kappa shape index (κ3) is 2.66. The summed E-state index contributed by atoms with van der Waals surface area (Å²) >= 11 is 0. The van der Waals surface area contributed by atoms with Crippen LogP contribution in [0.25, 0.3) is 0 Å². The van der Waals surface area contributed by atoms with Crippen LogP contribution in [0.4, 0.5) is 13.2 Å². The Morgan fingerprint density at radius 2 is 2.24 bits per heavy atom. The lowest BCUT2D eigenvalue weighted by Crippen LogP contribution is -2.37. The second kappa shape index (κ2) is 4.48. The zero-order chi connectivity index (χ0) is 12.5. The van der Waals surface area contributed by atoms with E-state index in [2.05, 4.69) is 10.3 Å². The summed E-state index contributed by atoms with van der Waals surface area (Å²) in [6.45, 7) is 1.46. The van der Waals surface area contributed by atoms with Crippen molar-refractivity contribution in [3.8, 4) is 0 Å². The minimum absolute atomic E-state index is 0.106. The first-order valence-electron chi connectivity index (χ1n) is 5.35. The number of halogens is 3. The van der Waals surface area contributed by atoms with Crippen LogP contribution in [0.1, 0.15) is 24.6 Å². The highest BCUT2D eigenvalue weighted by atomic mass is 19.4. The highest BCUT2D eigenvalue weighted by Crippen LogP contribution is 2.26. The molecule has 94 valence electrons. The Hall–Kier alpha value is -1.37. The summed E-state index contributed by atoms with van der Waals surface area (Å²) in [5.41, 5.74) is -1.98. The number of alkyl halides is 3. The quantitative estimate of drug-likeness (QED) is 0.810. The normalized spacial score (nSPS) is 21.5. The summed E-state index contributed by atoms with van der Waals surface area (Å²) in [6.07, 6.45) is -1.71. The van der Waals surface area contributed by atoms with Gasteiger partial charge in [0.05, 0.1) is 6.04 Å². The average Bonchev–Trinajstić information content (AvgIpc) is 2.29. The second-order valence-electron chi connectivity index (χ2n) is 4.00. The number of hydrogen-bond acceptors (Lipinski definition) is 3. The van der Waals surface area contributed by atoms with E-state index in [4.69, 9.17) is 0 Å². The molecule has 1 atom stereocenters. The number of aromatic nitrogens is 2. The minimum Gasteiger partial charge on any atom is -0.315 e. The molecule has 1 aromatic heterocycles. The highest BCUT2D eigenvalue weighted by Gasteiger charge is 2.33. The molecule has 1 aliphatic rings. The maximum Gasteiger partial charge on any atom is 0.433 e. The zero-order valence-electron chi connectivity index (χ0n) is 9.00. The first-order chi connectivity index (χ1) is 7.98. The molecule has 1 aliphatic heterocycles. The minimum atomic E-state index is -4.57. The third-order valence-corrected chi connectivity index (χ3v) is 2.78. The van der Waals surface area contributed by atoms with Crippen LogP contribution in [0.2, 0.25) is 0 Å². The number of nitrogens with one attached hydrogen (secondary N) is 1. The molecule has 0 aromatic carbocycles. The molecular formula is C10H12F3N3O. The molecule has 0 radical (unpaired) electrons. The van der Waals surface area contributed by atoms with Gasteiger partial charge in [-0.15, -0.1) is 0 Å². The summed E-state index contributed by atoms with van der Waals surface area (Å²) in [6, 6.07) is 0.738. The largest absolute Gasteiger partial charge is 0.433 e. The van der Waals surface area contributed by atoms with Crippen LogP contribution in [0.15, 0.2) is 17.1 Å². The average molecular weight is 247 g/mol. The molecule has 17 heavy (non-hydrogen) atoms. The summed E-state index contributed by atoms with van der Waals surface area (Å²) in [7, 11) is 0. The Labute approximate surface area is 95.5 Å². The standard InChI is InChI=1S/C10H12F3N3O/c11-10(12,13)8-3-5-16(9(17)15-8)7-2-1-4-14-6-7/h3,5,7,14H,1-2,4,6H2. The molecule has 1 N–H and O–H groups in total. The van der Waals surface area contributed by atoms with Crippen molar-refractivity contribution in [2.45, 2.75) is 25.1 Å². The van der Waals surface area contributed by atoms with Gasteiger partial charge in [0.2, 0.25) is 0 Å². The van der Waals surface area contributed by atoms with E-state index in [1.165, 1.54) is 10.8 Å². The SMILES string of the molecule is O=c1nc(C(F)(F)F)ccn1C1CCCNC1. The molecule has 0 saturated carbocycles. The lowest BCUT2D eigenvalue weighted by atomic mass is 10.1. The van der Waals surface area contributed by atoms with Crippen molar-refractivity contribution in [3.63, 3.8) is 0 Å². The molecule has 1 unspecified atom stereocenters. The van der Waals surface area contributed by atoms with Gasteiger partial charge in [0, 0.05) is 12.7 Å². The van der Waals surface area contributed by atoms with Crippen molar-refractivity contribution in [3.05, 3.63) is 28.4 Å². The van der Waals surface area contributed by atoms with Crippen molar-refractivity contribution >= 4 is 0 Å². The molecule has 2 heterocycles. The van der Waals surface area contributed by atoms with Crippen molar-refractivity contribution in [2.24, 2.45) is 0 Å². The maximum atomic E-state index is 12.3. The summed E-state index contributed by atoms with van der Waals surface area (Å²) in [5.74, 6) is 0. The van der Waals surface area contributed by atoms with Gasteiger partial charge in [-0.2, -0.15) is 18.2 Å². The topological polar surface area (TPSA) is 46.9 Å². The van der Waals surface area contributed by atoms with E-state index in [-0.39, 0.29) is 6.04 Å².